The third kappa shape index (κ3) is 4.36. The maximum absolute atomic E-state index is 11.2. The molecule has 0 bridgehead atoms. The monoisotopic (exact) mass is 383 g/mol. The SMILES string of the molecule is O=[N+]([O-])c1ccccc1-c1ccc(NC(=S)Nc2cccc(Cl)c2)cc1. The van der Waals surface area contributed by atoms with Crippen molar-refractivity contribution in [3.05, 3.63) is 87.9 Å². The lowest BCUT2D eigenvalue weighted by Crippen LogP contribution is -2.18. The molecular weight excluding hydrogens is 370 g/mol. The molecule has 0 saturated heterocycles. The number of hydrogen-bond acceptors (Lipinski definition) is 3. The average Bonchev–Trinajstić information content (AvgIpc) is 2.62. The third-order valence-electron chi connectivity index (χ3n) is 3.64. The van der Waals surface area contributed by atoms with Gasteiger partial charge in [-0.1, -0.05) is 41.9 Å². The van der Waals surface area contributed by atoms with Gasteiger partial charge < -0.3 is 10.6 Å². The summed E-state index contributed by atoms with van der Waals surface area (Å²) in [6.07, 6.45) is 0. The minimum Gasteiger partial charge on any atom is -0.332 e. The van der Waals surface area contributed by atoms with Crippen LogP contribution in [-0.4, -0.2) is 10.0 Å². The highest BCUT2D eigenvalue weighted by molar-refractivity contribution is 7.80. The largest absolute Gasteiger partial charge is 0.332 e. The van der Waals surface area contributed by atoms with Gasteiger partial charge in [0.05, 0.1) is 10.5 Å². The van der Waals surface area contributed by atoms with Crippen molar-refractivity contribution in [1.82, 2.24) is 0 Å². The molecule has 3 rings (SSSR count). The van der Waals surface area contributed by atoms with E-state index in [-0.39, 0.29) is 10.6 Å². The van der Waals surface area contributed by atoms with Crippen LogP contribution < -0.4 is 10.6 Å². The Balaban J connectivity index is 1.72. The standard InChI is InChI=1S/C19H14ClN3O2S/c20-14-4-3-5-16(12-14)22-19(26)21-15-10-8-13(9-11-15)17-6-1-2-7-18(17)23(24)25/h1-12H,(H2,21,22,26). The quantitative estimate of drug-likeness (QED) is 0.342. The van der Waals surface area contributed by atoms with Gasteiger partial charge in [-0.15, -0.1) is 0 Å². The number of rotatable bonds is 4. The van der Waals surface area contributed by atoms with E-state index in [2.05, 4.69) is 10.6 Å². The fourth-order valence-electron chi connectivity index (χ4n) is 2.47. The number of nitrogens with zero attached hydrogens (tertiary/aromatic N) is 1. The molecule has 0 heterocycles. The second kappa shape index (κ2) is 7.95. The number of halogens is 1. The van der Waals surface area contributed by atoms with E-state index in [1.54, 1.807) is 30.3 Å². The number of benzene rings is 3. The molecule has 0 aliphatic carbocycles. The Kier molecular flexibility index (Phi) is 5.46. The molecule has 0 aliphatic heterocycles. The van der Waals surface area contributed by atoms with Crippen LogP contribution in [0.1, 0.15) is 0 Å². The zero-order chi connectivity index (χ0) is 18.5. The number of nitro benzene ring substituents is 1. The first-order valence-electron chi connectivity index (χ1n) is 7.70. The highest BCUT2D eigenvalue weighted by atomic mass is 35.5. The molecule has 0 spiro atoms. The number of thiocarbonyl (C=S) groups is 1. The van der Waals surface area contributed by atoms with Crippen LogP contribution in [0, 0.1) is 10.1 Å². The molecule has 0 fully saturated rings. The van der Waals surface area contributed by atoms with E-state index in [1.807, 2.05) is 36.4 Å². The molecule has 2 N–H and O–H groups in total. The third-order valence-corrected chi connectivity index (χ3v) is 4.08. The van der Waals surface area contributed by atoms with Gasteiger partial charge in [-0.25, -0.2) is 0 Å². The van der Waals surface area contributed by atoms with Gasteiger partial charge >= 0.3 is 0 Å². The molecule has 7 heteroatoms. The van der Waals surface area contributed by atoms with Crippen LogP contribution in [0.4, 0.5) is 17.1 Å². The Morgan fingerprint density at radius 2 is 1.62 bits per heavy atom. The molecule has 130 valence electrons. The smallest absolute Gasteiger partial charge is 0.277 e. The minimum absolute atomic E-state index is 0.0753. The van der Waals surface area contributed by atoms with Crippen molar-refractivity contribution in [3.8, 4) is 11.1 Å². The van der Waals surface area contributed by atoms with Crippen LogP contribution in [0.25, 0.3) is 11.1 Å². The van der Waals surface area contributed by atoms with E-state index < -0.39 is 0 Å². The lowest BCUT2D eigenvalue weighted by Gasteiger charge is -2.11. The summed E-state index contributed by atoms with van der Waals surface area (Å²) in [5, 5.41) is 18.3. The van der Waals surface area contributed by atoms with Gasteiger partial charge in [0.1, 0.15) is 0 Å². The molecule has 26 heavy (non-hydrogen) atoms. The summed E-state index contributed by atoms with van der Waals surface area (Å²) in [5.41, 5.74) is 2.96. The van der Waals surface area contributed by atoms with Crippen molar-refractivity contribution >= 4 is 46.0 Å². The van der Waals surface area contributed by atoms with Crippen LogP contribution >= 0.6 is 23.8 Å². The average molecular weight is 384 g/mol. The number of nitrogens with one attached hydrogen (secondary N) is 2. The van der Waals surface area contributed by atoms with E-state index >= 15 is 0 Å². The molecule has 5 nitrogen and oxygen atoms in total. The number of hydrogen-bond donors (Lipinski definition) is 2. The number of nitro groups is 1. The summed E-state index contributed by atoms with van der Waals surface area (Å²) in [4.78, 5) is 10.8. The van der Waals surface area contributed by atoms with Gasteiger partial charge in [0.25, 0.3) is 5.69 Å². The maximum Gasteiger partial charge on any atom is 0.277 e. The fraction of sp³-hybridized carbons (Fsp3) is 0. The molecular formula is C19H14ClN3O2S. The van der Waals surface area contributed by atoms with Crippen LogP contribution in [0.5, 0.6) is 0 Å². The Bertz CT molecular complexity index is 961. The van der Waals surface area contributed by atoms with Gasteiger partial charge in [-0.05, 0) is 54.2 Å². The van der Waals surface area contributed by atoms with Gasteiger partial charge in [-0.3, -0.25) is 10.1 Å². The zero-order valence-corrected chi connectivity index (χ0v) is 15.1. The van der Waals surface area contributed by atoms with Gasteiger partial charge in [-0.2, -0.15) is 0 Å². The Hall–Kier alpha value is -2.96. The highest BCUT2D eigenvalue weighted by Gasteiger charge is 2.13. The zero-order valence-electron chi connectivity index (χ0n) is 13.5. The first-order chi connectivity index (χ1) is 12.5. The fourth-order valence-corrected chi connectivity index (χ4v) is 2.90. The molecule has 0 atom stereocenters. The Morgan fingerprint density at radius 3 is 2.31 bits per heavy atom. The molecule has 0 aromatic heterocycles. The van der Waals surface area contributed by atoms with Gasteiger partial charge in [0.15, 0.2) is 5.11 Å². The van der Waals surface area contributed by atoms with Gasteiger partial charge in [0.2, 0.25) is 0 Å². The summed E-state index contributed by atoms with van der Waals surface area (Å²) in [6.45, 7) is 0. The summed E-state index contributed by atoms with van der Waals surface area (Å²) in [5.74, 6) is 0. The van der Waals surface area contributed by atoms with Crippen molar-refractivity contribution in [2.75, 3.05) is 10.6 Å². The van der Waals surface area contributed by atoms with Crippen molar-refractivity contribution in [3.63, 3.8) is 0 Å². The predicted molar refractivity (Wildman–Crippen MR) is 110 cm³/mol. The van der Waals surface area contributed by atoms with Crippen LogP contribution in [-0.2, 0) is 0 Å². The summed E-state index contributed by atoms with van der Waals surface area (Å²) >= 11 is 11.2. The predicted octanol–water partition coefficient (Wildman–Crippen LogP) is 5.72. The second-order valence-electron chi connectivity index (χ2n) is 5.44. The number of para-hydroxylation sites is 1. The van der Waals surface area contributed by atoms with E-state index in [0.717, 1.165) is 16.9 Å². The molecule has 0 saturated carbocycles. The number of anilines is 2. The van der Waals surface area contributed by atoms with Crippen molar-refractivity contribution in [1.29, 1.82) is 0 Å². The normalized spacial score (nSPS) is 10.2. The van der Waals surface area contributed by atoms with E-state index in [9.17, 15) is 10.1 Å². The Labute approximate surface area is 160 Å². The molecule has 0 radical (unpaired) electrons. The topological polar surface area (TPSA) is 67.2 Å². The Morgan fingerprint density at radius 1 is 0.923 bits per heavy atom. The van der Waals surface area contributed by atoms with Gasteiger partial charge in [0, 0.05) is 22.5 Å². The minimum atomic E-state index is -0.383. The lowest BCUT2D eigenvalue weighted by atomic mass is 10.0. The van der Waals surface area contributed by atoms with Crippen LogP contribution in [0.3, 0.4) is 0 Å². The van der Waals surface area contributed by atoms with E-state index in [1.165, 1.54) is 6.07 Å². The van der Waals surface area contributed by atoms with Crippen LogP contribution in [0.15, 0.2) is 72.8 Å². The van der Waals surface area contributed by atoms with Crippen molar-refractivity contribution in [2.45, 2.75) is 0 Å². The van der Waals surface area contributed by atoms with Crippen LogP contribution in [0.2, 0.25) is 5.02 Å². The van der Waals surface area contributed by atoms with Crippen molar-refractivity contribution < 1.29 is 4.92 Å². The first kappa shape index (κ1) is 17.8. The maximum atomic E-state index is 11.2. The summed E-state index contributed by atoms with van der Waals surface area (Å²) in [6, 6.07) is 21.1. The first-order valence-corrected chi connectivity index (χ1v) is 8.49. The molecule has 0 amide bonds. The van der Waals surface area contributed by atoms with Crippen molar-refractivity contribution in [2.24, 2.45) is 0 Å². The molecule has 3 aromatic rings. The molecule has 0 aliphatic rings. The highest BCUT2D eigenvalue weighted by Crippen LogP contribution is 2.30. The summed E-state index contributed by atoms with van der Waals surface area (Å²) < 4.78 is 0. The second-order valence-corrected chi connectivity index (χ2v) is 6.29. The van der Waals surface area contributed by atoms with E-state index in [0.29, 0.717) is 15.7 Å². The van der Waals surface area contributed by atoms with E-state index in [4.69, 9.17) is 23.8 Å². The molecule has 3 aromatic carbocycles. The summed E-state index contributed by atoms with van der Waals surface area (Å²) in [7, 11) is 0. The lowest BCUT2D eigenvalue weighted by molar-refractivity contribution is -0.384. The molecule has 0 unspecified atom stereocenters.